The summed E-state index contributed by atoms with van der Waals surface area (Å²) in [5, 5.41) is 2.86. The molecular weight excluding hydrogens is 460 g/mol. The molecule has 0 unspecified atom stereocenters. The van der Waals surface area contributed by atoms with E-state index < -0.39 is 37.8 Å². The van der Waals surface area contributed by atoms with Gasteiger partial charge < -0.3 is 14.5 Å². The first-order chi connectivity index (χ1) is 16.3. The van der Waals surface area contributed by atoms with Crippen molar-refractivity contribution in [3.05, 3.63) is 48.6 Å². The van der Waals surface area contributed by atoms with E-state index in [1.807, 2.05) is 42.2 Å². The van der Waals surface area contributed by atoms with Gasteiger partial charge in [-0.1, -0.05) is 63.8 Å². The molecule has 1 N–H and O–H groups in total. The van der Waals surface area contributed by atoms with Gasteiger partial charge in [-0.3, -0.25) is 19.3 Å². The molecule has 0 radical (unpaired) electrons. The van der Waals surface area contributed by atoms with Gasteiger partial charge in [0.05, 0.1) is 24.6 Å². The molecule has 1 aromatic rings. The summed E-state index contributed by atoms with van der Waals surface area (Å²) in [4.78, 5) is 42.0. The highest BCUT2D eigenvalue weighted by Gasteiger charge is 2.64. The number of nitrogens with zero attached hydrogens (tertiary/aromatic N) is 1. The van der Waals surface area contributed by atoms with Crippen molar-refractivity contribution in [2.75, 3.05) is 19.7 Å². The lowest BCUT2D eigenvalue weighted by molar-refractivity contribution is -0.174. The van der Waals surface area contributed by atoms with E-state index in [2.05, 4.69) is 45.8 Å². The Hall–Kier alpha value is -2.29. The molecule has 4 atom stereocenters. The van der Waals surface area contributed by atoms with Crippen molar-refractivity contribution in [1.29, 1.82) is 0 Å². The van der Waals surface area contributed by atoms with Crippen LogP contribution in [0.3, 0.4) is 0 Å². The number of ketones is 1. The number of hydrogen-bond donors (Lipinski definition) is 1. The van der Waals surface area contributed by atoms with Gasteiger partial charge >= 0.3 is 5.97 Å². The molecule has 7 nitrogen and oxygen atoms in total. The van der Waals surface area contributed by atoms with Crippen molar-refractivity contribution in [1.82, 2.24) is 10.2 Å². The van der Waals surface area contributed by atoms with Crippen LogP contribution in [0.4, 0.5) is 0 Å². The Balaban J connectivity index is 1.85. The molecule has 2 fully saturated rings. The van der Waals surface area contributed by atoms with Gasteiger partial charge in [0.25, 0.3) is 0 Å². The topological polar surface area (TPSA) is 84.9 Å². The van der Waals surface area contributed by atoms with E-state index in [4.69, 9.17) is 9.16 Å². The highest BCUT2D eigenvalue weighted by molar-refractivity contribution is 6.74. The molecule has 8 heteroatoms. The Morgan fingerprint density at radius 3 is 2.49 bits per heavy atom. The summed E-state index contributed by atoms with van der Waals surface area (Å²) < 4.78 is 12.0. The summed E-state index contributed by atoms with van der Waals surface area (Å²) in [6.45, 7) is 17.5. The molecule has 192 valence electrons. The molecule has 1 aromatic carbocycles. The molecule has 1 amide bonds. The van der Waals surface area contributed by atoms with E-state index in [1.165, 1.54) is 6.08 Å². The van der Waals surface area contributed by atoms with E-state index in [9.17, 15) is 14.4 Å². The van der Waals surface area contributed by atoms with Crippen LogP contribution in [0.25, 0.3) is 0 Å². The lowest BCUT2D eigenvalue weighted by atomic mass is 9.62. The minimum atomic E-state index is -2.17. The standard InChI is InChI=1S/C27H40N2O5Si/c1-8-16-33-25(32)27(14-15-29(18-21(27)30)17-20-12-10-9-11-13-20)23-22(24(31)28-23)19(2)34-35(6,7)26(3,4)5/h8-13,19,22-23H,1,14-18H2,2-7H3,(H,28,31)/t19-,22-,23+,27-/m1/s1. The molecule has 35 heavy (non-hydrogen) atoms. The predicted octanol–water partition coefficient (Wildman–Crippen LogP) is 3.70. The number of rotatable bonds is 9. The van der Waals surface area contributed by atoms with Crippen LogP contribution in [0.5, 0.6) is 0 Å². The first kappa shape index (κ1) is 27.3. The maximum atomic E-state index is 13.7. The lowest BCUT2D eigenvalue weighted by Gasteiger charge is -2.52. The number of benzene rings is 1. The number of β-lactam (4-membered cyclic amide) rings is 1. The number of likely N-dealkylation sites (tertiary alicyclic amines) is 1. The van der Waals surface area contributed by atoms with E-state index in [-0.39, 0.29) is 36.3 Å². The molecule has 0 spiro atoms. The normalized spacial score (nSPS) is 26.5. The van der Waals surface area contributed by atoms with Crippen LogP contribution in [0, 0.1) is 11.3 Å². The number of carbonyl (C=O) groups excluding carboxylic acids is 3. The Bertz CT molecular complexity index is 958. The van der Waals surface area contributed by atoms with Gasteiger partial charge in [0.1, 0.15) is 12.0 Å². The van der Waals surface area contributed by atoms with Gasteiger partial charge in [0.2, 0.25) is 5.91 Å². The van der Waals surface area contributed by atoms with E-state index in [0.29, 0.717) is 13.1 Å². The number of amides is 1. The van der Waals surface area contributed by atoms with Crippen LogP contribution < -0.4 is 5.32 Å². The zero-order valence-corrected chi connectivity index (χ0v) is 22.9. The van der Waals surface area contributed by atoms with Crippen molar-refractivity contribution < 1.29 is 23.5 Å². The highest BCUT2D eigenvalue weighted by atomic mass is 28.4. The number of esters is 1. The summed E-state index contributed by atoms with van der Waals surface area (Å²) in [6, 6.07) is 9.28. The highest BCUT2D eigenvalue weighted by Crippen LogP contribution is 2.44. The second kappa shape index (κ2) is 10.4. The molecule has 3 rings (SSSR count). The summed E-state index contributed by atoms with van der Waals surface area (Å²) >= 11 is 0. The van der Waals surface area contributed by atoms with Crippen LogP contribution in [-0.4, -0.2) is 62.7 Å². The number of ether oxygens (including phenoxy) is 1. The van der Waals surface area contributed by atoms with Crippen LogP contribution in [0.1, 0.15) is 39.7 Å². The van der Waals surface area contributed by atoms with Gasteiger partial charge in [-0.2, -0.15) is 0 Å². The van der Waals surface area contributed by atoms with Crippen LogP contribution in [0.15, 0.2) is 43.0 Å². The Kier molecular flexibility index (Phi) is 8.08. The van der Waals surface area contributed by atoms with E-state index in [1.54, 1.807) is 0 Å². The quantitative estimate of drug-likeness (QED) is 0.183. The minimum absolute atomic E-state index is 0.0168. The summed E-state index contributed by atoms with van der Waals surface area (Å²) in [6.07, 6.45) is 1.35. The molecular formula is C27H40N2O5Si. The average molecular weight is 501 g/mol. The Morgan fingerprint density at radius 1 is 1.29 bits per heavy atom. The summed E-state index contributed by atoms with van der Waals surface area (Å²) in [5.74, 6) is -1.58. The fourth-order valence-corrected chi connectivity index (χ4v) is 6.26. The first-order valence-corrected chi connectivity index (χ1v) is 15.3. The molecule has 0 bridgehead atoms. The third-order valence-electron chi connectivity index (χ3n) is 7.92. The molecule has 2 saturated heterocycles. The number of Topliss-reactive ketones (excluding diaryl/α,β-unsaturated/α-hetero) is 1. The van der Waals surface area contributed by atoms with Crippen LogP contribution >= 0.6 is 0 Å². The minimum Gasteiger partial charge on any atom is -0.461 e. The van der Waals surface area contributed by atoms with Crippen LogP contribution in [-0.2, 0) is 30.1 Å². The molecule has 0 saturated carbocycles. The zero-order valence-electron chi connectivity index (χ0n) is 21.9. The summed E-state index contributed by atoms with van der Waals surface area (Å²) in [7, 11) is -2.17. The number of nitrogens with one attached hydrogen (secondary N) is 1. The molecule has 0 aliphatic carbocycles. The monoisotopic (exact) mass is 500 g/mol. The predicted molar refractivity (Wildman–Crippen MR) is 138 cm³/mol. The molecule has 0 aromatic heterocycles. The lowest BCUT2D eigenvalue weighted by Crippen LogP contribution is -2.74. The largest absolute Gasteiger partial charge is 0.461 e. The number of hydrogen-bond acceptors (Lipinski definition) is 6. The third kappa shape index (κ3) is 5.44. The third-order valence-corrected chi connectivity index (χ3v) is 12.5. The Labute approximate surface area is 210 Å². The average Bonchev–Trinajstić information content (AvgIpc) is 2.76. The van der Waals surface area contributed by atoms with Crippen molar-refractivity contribution >= 4 is 26.0 Å². The second-order valence-corrected chi connectivity index (χ2v) is 16.1. The van der Waals surface area contributed by atoms with Crippen molar-refractivity contribution in [2.45, 2.75) is 70.9 Å². The molecule has 2 aliphatic heterocycles. The maximum Gasteiger partial charge on any atom is 0.322 e. The fraction of sp³-hybridized carbons (Fsp3) is 0.593. The smallest absolute Gasteiger partial charge is 0.322 e. The van der Waals surface area contributed by atoms with Gasteiger partial charge in [-0.15, -0.1) is 0 Å². The van der Waals surface area contributed by atoms with E-state index >= 15 is 0 Å². The van der Waals surface area contributed by atoms with Gasteiger partial charge in [0, 0.05) is 13.1 Å². The van der Waals surface area contributed by atoms with Gasteiger partial charge in [0.15, 0.2) is 14.1 Å². The first-order valence-electron chi connectivity index (χ1n) is 12.4. The van der Waals surface area contributed by atoms with Crippen LogP contribution in [0.2, 0.25) is 18.1 Å². The van der Waals surface area contributed by atoms with Gasteiger partial charge in [-0.25, -0.2) is 0 Å². The van der Waals surface area contributed by atoms with Gasteiger partial charge in [-0.05, 0) is 37.0 Å². The van der Waals surface area contributed by atoms with Crippen molar-refractivity contribution in [3.63, 3.8) is 0 Å². The zero-order chi connectivity index (χ0) is 26.0. The van der Waals surface area contributed by atoms with Crippen molar-refractivity contribution in [2.24, 2.45) is 11.3 Å². The maximum absolute atomic E-state index is 13.7. The molecule has 2 heterocycles. The Morgan fingerprint density at radius 2 is 1.94 bits per heavy atom. The number of carbonyl (C=O) groups is 3. The number of piperidine rings is 1. The van der Waals surface area contributed by atoms with Crippen molar-refractivity contribution in [3.8, 4) is 0 Å². The second-order valence-electron chi connectivity index (χ2n) is 11.3. The summed E-state index contributed by atoms with van der Waals surface area (Å²) in [5.41, 5.74) is -0.326. The molecule has 2 aliphatic rings. The SMILES string of the molecule is C=CCOC(=O)[C@]1([C@H]2NC(=O)[C@@H]2[C@@H](C)O[Si](C)(C)C(C)(C)C)CCN(Cc2ccccc2)CC1=O. The fourth-order valence-electron chi connectivity index (χ4n) is 4.83. The van der Waals surface area contributed by atoms with E-state index in [0.717, 1.165) is 5.56 Å².